The lowest BCUT2D eigenvalue weighted by atomic mass is 9.93. The van der Waals surface area contributed by atoms with Crippen LogP contribution in [0.2, 0.25) is 0 Å². The molecule has 0 fully saturated rings. The number of carbonyl (C=O) groups is 2. The maximum absolute atomic E-state index is 10.5. The number of carboxylic acids is 2. The molecule has 1 atom stereocenters. The summed E-state index contributed by atoms with van der Waals surface area (Å²) in [5.74, 6) is -0.892. The van der Waals surface area contributed by atoms with Crippen LogP contribution < -0.4 is 0 Å². The molecule has 0 amide bonds. The zero-order chi connectivity index (χ0) is 13.8. The summed E-state index contributed by atoms with van der Waals surface area (Å²) in [6.07, 6.45) is 8.58. The van der Waals surface area contributed by atoms with E-state index in [1.54, 1.807) is 0 Å². The summed E-state index contributed by atoms with van der Waals surface area (Å²) < 4.78 is 0. The summed E-state index contributed by atoms with van der Waals surface area (Å²) in [6.45, 7) is 2.11. The van der Waals surface area contributed by atoms with Crippen LogP contribution >= 0.6 is 24.8 Å². The van der Waals surface area contributed by atoms with Crippen LogP contribution in [0.5, 0.6) is 0 Å². The van der Waals surface area contributed by atoms with Gasteiger partial charge in [-0.25, -0.2) is 0 Å². The molecule has 4 nitrogen and oxygen atoms in total. The Bertz CT molecular complexity index is 247. The van der Waals surface area contributed by atoms with Crippen LogP contribution in [0.25, 0.3) is 0 Å². The fourth-order valence-corrected chi connectivity index (χ4v) is 2.12. The topological polar surface area (TPSA) is 74.6 Å². The van der Waals surface area contributed by atoms with Gasteiger partial charge in [-0.2, -0.15) is 0 Å². The van der Waals surface area contributed by atoms with Crippen LogP contribution in [-0.4, -0.2) is 22.2 Å². The first-order valence-electron chi connectivity index (χ1n) is 6.99. The van der Waals surface area contributed by atoms with E-state index in [-0.39, 0.29) is 37.7 Å². The van der Waals surface area contributed by atoms with Crippen LogP contribution in [0.1, 0.15) is 71.1 Å². The van der Waals surface area contributed by atoms with Crippen LogP contribution in [0.3, 0.4) is 0 Å². The molecule has 0 radical (unpaired) electrons. The highest BCUT2D eigenvalue weighted by atomic mass is 35.5. The van der Waals surface area contributed by atoms with Crippen molar-refractivity contribution in [3.63, 3.8) is 0 Å². The number of unbranched alkanes of at least 4 members (excludes halogenated alkanes) is 4. The first kappa shape index (κ1) is 24.5. The summed E-state index contributed by atoms with van der Waals surface area (Å²) >= 11 is 0. The summed E-state index contributed by atoms with van der Waals surface area (Å²) in [7, 11) is 0. The minimum absolute atomic E-state index is 0. The summed E-state index contributed by atoms with van der Waals surface area (Å²) in [6, 6.07) is 0. The fourth-order valence-electron chi connectivity index (χ4n) is 2.12. The van der Waals surface area contributed by atoms with E-state index in [0.29, 0.717) is 5.92 Å². The van der Waals surface area contributed by atoms with Crippen molar-refractivity contribution in [2.75, 3.05) is 0 Å². The quantitative estimate of drug-likeness (QED) is 0.515. The second kappa shape index (κ2) is 16.6. The maximum Gasteiger partial charge on any atom is 0.303 e. The minimum atomic E-state index is -0.713. The number of halogens is 2. The highest BCUT2D eigenvalue weighted by Crippen LogP contribution is 2.19. The molecule has 0 saturated carbocycles. The molecule has 0 bridgehead atoms. The van der Waals surface area contributed by atoms with Crippen molar-refractivity contribution in [1.82, 2.24) is 0 Å². The average molecular weight is 331 g/mol. The van der Waals surface area contributed by atoms with Crippen molar-refractivity contribution in [2.45, 2.75) is 71.1 Å². The molecular weight excluding hydrogens is 303 g/mol. The minimum Gasteiger partial charge on any atom is -0.481 e. The zero-order valence-electron chi connectivity index (χ0n) is 12.2. The number of hydrogen-bond donors (Lipinski definition) is 2. The fraction of sp³-hybridized carbons (Fsp3) is 0.857. The van der Waals surface area contributed by atoms with Crippen LogP contribution in [0.4, 0.5) is 0 Å². The molecule has 20 heavy (non-hydrogen) atoms. The van der Waals surface area contributed by atoms with Gasteiger partial charge in [0.2, 0.25) is 0 Å². The second-order valence-corrected chi connectivity index (χ2v) is 4.91. The Labute approximate surface area is 134 Å². The Morgan fingerprint density at radius 1 is 0.800 bits per heavy atom. The standard InChI is InChI=1S/C14H26O4.2ClH/c1-2-12(10-11-14(17)18)8-6-4-3-5-7-9-13(15)16;;/h12H,2-11H2,1H3,(H,15,16)(H,17,18);2*1H. The van der Waals surface area contributed by atoms with Crippen molar-refractivity contribution in [1.29, 1.82) is 0 Å². The van der Waals surface area contributed by atoms with E-state index in [1.807, 2.05) is 0 Å². The molecule has 0 aromatic heterocycles. The zero-order valence-corrected chi connectivity index (χ0v) is 13.8. The average Bonchev–Trinajstić information content (AvgIpc) is 2.31. The summed E-state index contributed by atoms with van der Waals surface area (Å²) in [5.41, 5.74) is 0. The van der Waals surface area contributed by atoms with E-state index < -0.39 is 11.9 Å². The van der Waals surface area contributed by atoms with E-state index in [4.69, 9.17) is 10.2 Å². The van der Waals surface area contributed by atoms with Gasteiger partial charge in [0, 0.05) is 12.8 Å². The van der Waals surface area contributed by atoms with Crippen molar-refractivity contribution in [3.05, 3.63) is 0 Å². The third-order valence-corrected chi connectivity index (χ3v) is 3.35. The van der Waals surface area contributed by atoms with Gasteiger partial charge in [0.15, 0.2) is 0 Å². The number of carboxylic acid groups (broad SMARTS) is 2. The smallest absolute Gasteiger partial charge is 0.303 e. The highest BCUT2D eigenvalue weighted by Gasteiger charge is 2.08. The number of aliphatic carboxylic acids is 2. The van der Waals surface area contributed by atoms with Crippen LogP contribution in [0, 0.1) is 5.92 Å². The molecule has 0 aliphatic rings. The Balaban J connectivity index is -0.00000144. The molecule has 0 aromatic rings. The molecular formula is C14H28Cl2O4. The highest BCUT2D eigenvalue weighted by molar-refractivity contribution is 5.85. The van der Waals surface area contributed by atoms with E-state index >= 15 is 0 Å². The van der Waals surface area contributed by atoms with Crippen molar-refractivity contribution < 1.29 is 19.8 Å². The summed E-state index contributed by atoms with van der Waals surface area (Å²) in [4.78, 5) is 20.8. The van der Waals surface area contributed by atoms with E-state index in [2.05, 4.69) is 6.92 Å². The molecule has 0 heterocycles. The third-order valence-electron chi connectivity index (χ3n) is 3.35. The molecule has 2 N–H and O–H groups in total. The van der Waals surface area contributed by atoms with Gasteiger partial charge in [0.1, 0.15) is 0 Å². The molecule has 0 rings (SSSR count). The summed E-state index contributed by atoms with van der Waals surface area (Å²) in [5, 5.41) is 17.1. The van der Waals surface area contributed by atoms with Gasteiger partial charge in [0.25, 0.3) is 0 Å². The lowest BCUT2D eigenvalue weighted by Crippen LogP contribution is -2.03. The van der Waals surface area contributed by atoms with Gasteiger partial charge in [-0.1, -0.05) is 45.4 Å². The molecule has 0 aliphatic heterocycles. The third kappa shape index (κ3) is 17.5. The first-order valence-corrected chi connectivity index (χ1v) is 6.99. The predicted molar refractivity (Wildman–Crippen MR) is 85.1 cm³/mol. The molecule has 0 aromatic carbocycles. The molecule has 1 unspecified atom stereocenters. The Morgan fingerprint density at radius 3 is 1.80 bits per heavy atom. The monoisotopic (exact) mass is 330 g/mol. The molecule has 0 aliphatic carbocycles. The first-order chi connectivity index (χ1) is 8.56. The predicted octanol–water partition coefficient (Wildman–Crippen LogP) is 4.54. The lowest BCUT2D eigenvalue weighted by Gasteiger charge is -2.13. The normalized spacial score (nSPS) is 11.1. The number of rotatable bonds is 12. The van der Waals surface area contributed by atoms with Gasteiger partial charge in [-0.15, -0.1) is 24.8 Å². The maximum atomic E-state index is 10.5. The molecule has 6 heteroatoms. The molecule has 0 spiro atoms. The lowest BCUT2D eigenvalue weighted by molar-refractivity contribution is -0.138. The second-order valence-electron chi connectivity index (χ2n) is 4.91. The van der Waals surface area contributed by atoms with E-state index in [0.717, 1.165) is 51.4 Å². The Hall–Kier alpha value is -0.480. The van der Waals surface area contributed by atoms with Gasteiger partial charge >= 0.3 is 11.9 Å². The molecule has 0 saturated heterocycles. The van der Waals surface area contributed by atoms with Crippen molar-refractivity contribution in [3.8, 4) is 0 Å². The van der Waals surface area contributed by atoms with Crippen LogP contribution in [-0.2, 0) is 9.59 Å². The molecule has 122 valence electrons. The van der Waals surface area contributed by atoms with Crippen LogP contribution in [0.15, 0.2) is 0 Å². The Kier molecular flexibility index (Phi) is 20.3. The van der Waals surface area contributed by atoms with Gasteiger partial charge < -0.3 is 10.2 Å². The van der Waals surface area contributed by atoms with Gasteiger partial charge in [-0.05, 0) is 18.8 Å². The van der Waals surface area contributed by atoms with E-state index in [1.165, 1.54) is 0 Å². The van der Waals surface area contributed by atoms with Gasteiger partial charge in [-0.3, -0.25) is 9.59 Å². The van der Waals surface area contributed by atoms with Crippen molar-refractivity contribution in [2.24, 2.45) is 5.92 Å². The van der Waals surface area contributed by atoms with Gasteiger partial charge in [0.05, 0.1) is 0 Å². The SMILES string of the molecule is CCC(CCCCCCCC(=O)O)CCC(=O)O.Cl.Cl. The van der Waals surface area contributed by atoms with Crippen molar-refractivity contribution >= 4 is 36.8 Å². The Morgan fingerprint density at radius 2 is 1.30 bits per heavy atom. The number of hydrogen-bond acceptors (Lipinski definition) is 2. The van der Waals surface area contributed by atoms with E-state index in [9.17, 15) is 9.59 Å². The largest absolute Gasteiger partial charge is 0.481 e.